The lowest BCUT2D eigenvalue weighted by atomic mass is 9.69. The van der Waals surface area contributed by atoms with Gasteiger partial charge in [-0.2, -0.15) is 5.26 Å². The molecule has 0 amide bonds. The predicted octanol–water partition coefficient (Wildman–Crippen LogP) is 10.6. The number of rotatable bonds is 18. The number of nitriles is 1. The van der Waals surface area contributed by atoms with Gasteiger partial charge in [-0.25, -0.2) is 0 Å². The molecule has 3 nitrogen and oxygen atoms in total. The summed E-state index contributed by atoms with van der Waals surface area (Å²) >= 11 is 0. The summed E-state index contributed by atoms with van der Waals surface area (Å²) in [7, 11) is 0. The molecule has 0 atom stereocenters. The maximum Gasteiger partial charge on any atom is 0.321 e. The van der Waals surface area contributed by atoms with Crippen molar-refractivity contribution >= 4 is 5.97 Å². The SMILES string of the molecule is CCCCCCCCCCc1ccc(C2(C(=O)Oc3ccc(CCCCCCC)cc3C#N)CCCCC2)cc1. The monoisotopic (exact) mass is 543 g/mol. The Labute approximate surface area is 244 Å². The molecule has 1 aliphatic carbocycles. The van der Waals surface area contributed by atoms with Crippen molar-refractivity contribution in [3.8, 4) is 11.8 Å². The Balaban J connectivity index is 1.60. The molecule has 0 aromatic heterocycles. The highest BCUT2D eigenvalue weighted by Crippen LogP contribution is 2.41. The van der Waals surface area contributed by atoms with Crippen LogP contribution in [-0.2, 0) is 23.1 Å². The Morgan fingerprint density at radius 2 is 1.25 bits per heavy atom. The first-order chi connectivity index (χ1) is 19.6. The summed E-state index contributed by atoms with van der Waals surface area (Å²) < 4.78 is 6.04. The molecule has 1 aliphatic rings. The van der Waals surface area contributed by atoms with Crippen molar-refractivity contribution in [2.24, 2.45) is 0 Å². The highest BCUT2D eigenvalue weighted by atomic mass is 16.5. The summed E-state index contributed by atoms with van der Waals surface area (Å²) in [4.78, 5) is 13.8. The van der Waals surface area contributed by atoms with Gasteiger partial charge in [0.05, 0.1) is 11.0 Å². The first kappa shape index (κ1) is 31.9. The Bertz CT molecular complexity index is 1040. The average Bonchev–Trinajstić information content (AvgIpc) is 2.99. The highest BCUT2D eigenvalue weighted by Gasteiger charge is 2.43. The number of hydrogen-bond donors (Lipinski definition) is 0. The molecule has 1 fully saturated rings. The van der Waals surface area contributed by atoms with Crippen LogP contribution in [0.5, 0.6) is 5.75 Å². The fourth-order valence-corrected chi connectivity index (χ4v) is 6.26. The molecule has 2 aromatic carbocycles. The van der Waals surface area contributed by atoms with Crippen molar-refractivity contribution < 1.29 is 9.53 Å². The van der Waals surface area contributed by atoms with E-state index in [0.717, 1.165) is 62.5 Å². The fourth-order valence-electron chi connectivity index (χ4n) is 6.26. The highest BCUT2D eigenvalue weighted by molar-refractivity contribution is 5.85. The number of ether oxygens (including phenoxy) is 1. The van der Waals surface area contributed by atoms with E-state index in [1.54, 1.807) is 0 Å². The van der Waals surface area contributed by atoms with E-state index in [4.69, 9.17) is 4.74 Å². The normalized spacial score (nSPS) is 14.5. The Kier molecular flexibility index (Phi) is 14.3. The van der Waals surface area contributed by atoms with Crippen LogP contribution in [-0.4, -0.2) is 5.97 Å². The summed E-state index contributed by atoms with van der Waals surface area (Å²) in [6.45, 7) is 4.49. The van der Waals surface area contributed by atoms with E-state index in [-0.39, 0.29) is 5.97 Å². The maximum atomic E-state index is 13.8. The van der Waals surface area contributed by atoms with Crippen LogP contribution in [0.15, 0.2) is 42.5 Å². The van der Waals surface area contributed by atoms with Crippen LogP contribution in [0.2, 0.25) is 0 Å². The minimum Gasteiger partial charge on any atom is -0.424 e. The number of benzene rings is 2. The third-order valence-corrected chi connectivity index (χ3v) is 8.86. The summed E-state index contributed by atoms with van der Waals surface area (Å²) in [5.74, 6) is 0.199. The van der Waals surface area contributed by atoms with Gasteiger partial charge in [0.25, 0.3) is 0 Å². The van der Waals surface area contributed by atoms with Crippen molar-refractivity contribution in [1.29, 1.82) is 5.26 Å². The zero-order valence-corrected chi connectivity index (χ0v) is 25.4. The van der Waals surface area contributed by atoms with E-state index in [1.165, 1.54) is 82.6 Å². The number of nitrogens with zero attached hydrogens (tertiary/aromatic N) is 1. The first-order valence-electron chi connectivity index (χ1n) is 16.5. The van der Waals surface area contributed by atoms with Gasteiger partial charge in [-0.3, -0.25) is 4.79 Å². The van der Waals surface area contributed by atoms with E-state index in [1.807, 2.05) is 18.2 Å². The summed E-state index contributed by atoms with van der Waals surface area (Å²) in [6, 6.07) is 16.8. The minimum atomic E-state index is -0.625. The molecular weight excluding hydrogens is 490 g/mol. The van der Waals surface area contributed by atoms with Crippen molar-refractivity contribution in [2.45, 2.75) is 148 Å². The summed E-state index contributed by atoms with van der Waals surface area (Å²) in [6.07, 6.45) is 23.7. The third kappa shape index (κ3) is 9.79. The molecule has 0 saturated heterocycles. The van der Waals surface area contributed by atoms with E-state index in [0.29, 0.717) is 11.3 Å². The Morgan fingerprint density at radius 1 is 0.725 bits per heavy atom. The van der Waals surface area contributed by atoms with Gasteiger partial charge in [-0.1, -0.05) is 134 Å². The zero-order chi connectivity index (χ0) is 28.5. The number of esters is 1. The van der Waals surface area contributed by atoms with Gasteiger partial charge >= 0.3 is 5.97 Å². The quantitative estimate of drug-likeness (QED) is 0.107. The number of aryl methyl sites for hydroxylation is 2. The average molecular weight is 544 g/mol. The molecule has 218 valence electrons. The minimum absolute atomic E-state index is 0.202. The van der Waals surface area contributed by atoms with Gasteiger partial charge in [0, 0.05) is 0 Å². The van der Waals surface area contributed by atoms with Gasteiger partial charge < -0.3 is 4.74 Å². The van der Waals surface area contributed by atoms with Crippen molar-refractivity contribution in [2.75, 3.05) is 0 Å². The lowest BCUT2D eigenvalue weighted by Gasteiger charge is -2.35. The second-order valence-electron chi connectivity index (χ2n) is 12.1. The first-order valence-corrected chi connectivity index (χ1v) is 16.5. The summed E-state index contributed by atoms with van der Waals surface area (Å²) in [5.41, 5.74) is 3.41. The Morgan fingerprint density at radius 3 is 1.82 bits per heavy atom. The van der Waals surface area contributed by atoms with Gasteiger partial charge in [0.2, 0.25) is 0 Å². The van der Waals surface area contributed by atoms with Crippen LogP contribution in [0.3, 0.4) is 0 Å². The second-order valence-corrected chi connectivity index (χ2v) is 12.1. The molecule has 40 heavy (non-hydrogen) atoms. The van der Waals surface area contributed by atoms with Gasteiger partial charge in [-0.05, 0) is 67.3 Å². The van der Waals surface area contributed by atoms with Crippen LogP contribution < -0.4 is 4.74 Å². The molecule has 2 aromatic rings. The van der Waals surface area contributed by atoms with Crippen molar-refractivity contribution in [3.05, 3.63) is 64.7 Å². The molecule has 0 radical (unpaired) electrons. The van der Waals surface area contributed by atoms with Crippen molar-refractivity contribution in [3.63, 3.8) is 0 Å². The molecule has 0 spiro atoms. The molecule has 0 aliphatic heterocycles. The Hall–Kier alpha value is -2.60. The second kappa shape index (κ2) is 18.0. The van der Waals surface area contributed by atoms with E-state index in [9.17, 15) is 10.1 Å². The van der Waals surface area contributed by atoms with Gasteiger partial charge in [-0.15, -0.1) is 0 Å². The van der Waals surface area contributed by atoms with Crippen LogP contribution in [0, 0.1) is 11.3 Å². The molecule has 3 rings (SSSR count). The fraction of sp³-hybridized carbons (Fsp3) is 0.622. The molecule has 1 saturated carbocycles. The number of carbonyl (C=O) groups excluding carboxylic acids is 1. The maximum absolute atomic E-state index is 13.8. The molecule has 0 unspecified atom stereocenters. The van der Waals surface area contributed by atoms with E-state index in [2.05, 4.69) is 44.2 Å². The smallest absolute Gasteiger partial charge is 0.321 e. The molecule has 3 heteroatoms. The van der Waals surface area contributed by atoms with Crippen LogP contribution in [0.1, 0.15) is 152 Å². The largest absolute Gasteiger partial charge is 0.424 e. The van der Waals surface area contributed by atoms with E-state index >= 15 is 0 Å². The number of unbranched alkanes of at least 4 members (excludes halogenated alkanes) is 11. The zero-order valence-electron chi connectivity index (χ0n) is 25.4. The molecule has 0 bridgehead atoms. The van der Waals surface area contributed by atoms with E-state index < -0.39 is 5.41 Å². The molecule has 0 N–H and O–H groups in total. The van der Waals surface area contributed by atoms with Crippen molar-refractivity contribution in [1.82, 2.24) is 0 Å². The predicted molar refractivity (Wildman–Crippen MR) is 167 cm³/mol. The topological polar surface area (TPSA) is 50.1 Å². The molecular formula is C37H53NO2. The summed E-state index contributed by atoms with van der Waals surface area (Å²) in [5, 5.41) is 9.83. The lowest BCUT2D eigenvalue weighted by molar-refractivity contribution is -0.142. The number of hydrogen-bond acceptors (Lipinski definition) is 3. The van der Waals surface area contributed by atoms with Gasteiger partial charge in [0.1, 0.15) is 11.8 Å². The van der Waals surface area contributed by atoms with Crippen LogP contribution >= 0.6 is 0 Å². The number of carbonyl (C=O) groups is 1. The third-order valence-electron chi connectivity index (χ3n) is 8.86. The standard InChI is InChI=1S/C37H53NO2/c1-3-5-7-9-10-11-13-15-19-31-21-24-34(25-22-31)37(27-17-14-18-28-37)36(39)40-35-26-23-32(29-33(35)30-38)20-16-12-8-6-4-2/h21-26,29H,3-20,27-28H2,1-2H3. The van der Waals surface area contributed by atoms with Crippen LogP contribution in [0.25, 0.3) is 0 Å². The van der Waals surface area contributed by atoms with Gasteiger partial charge in [0.15, 0.2) is 0 Å². The van der Waals surface area contributed by atoms with Crippen LogP contribution in [0.4, 0.5) is 0 Å². The lowest BCUT2D eigenvalue weighted by Crippen LogP contribution is -2.41. The molecule has 0 heterocycles.